The van der Waals surface area contributed by atoms with Gasteiger partial charge in [0.15, 0.2) is 0 Å². The Kier molecular flexibility index (Phi) is 2.29. The van der Waals surface area contributed by atoms with Crippen molar-refractivity contribution in [3.63, 3.8) is 0 Å². The summed E-state index contributed by atoms with van der Waals surface area (Å²) in [6.45, 7) is 2.29. The quantitative estimate of drug-likeness (QED) is 0.720. The van der Waals surface area contributed by atoms with E-state index in [4.69, 9.17) is 0 Å². The van der Waals surface area contributed by atoms with Crippen LogP contribution in [0, 0.1) is 0 Å². The Bertz CT molecular complexity index is 377. The summed E-state index contributed by atoms with van der Waals surface area (Å²) in [6, 6.07) is 9.59. The molecular weight excluding hydrogens is 202 g/mol. The fourth-order valence-corrected chi connectivity index (χ4v) is 4.21. The highest BCUT2D eigenvalue weighted by molar-refractivity contribution is 8.00. The molecule has 1 spiro atoms. The minimum Gasteiger partial charge on any atom is -0.299 e. The smallest absolute Gasteiger partial charge is 0.0692 e. The molecule has 1 aromatic rings. The van der Waals surface area contributed by atoms with Gasteiger partial charge in [0.05, 0.1) is 4.87 Å². The lowest BCUT2D eigenvalue weighted by molar-refractivity contribution is 0.407. The molecule has 0 bridgehead atoms. The second-order valence-electron chi connectivity index (χ2n) is 4.80. The first-order valence-electron chi connectivity index (χ1n) is 5.76. The van der Waals surface area contributed by atoms with Crippen LogP contribution in [0.4, 0.5) is 0 Å². The highest BCUT2D eigenvalue weighted by Gasteiger charge is 2.39. The van der Waals surface area contributed by atoms with Crippen molar-refractivity contribution in [2.75, 3.05) is 5.75 Å². The Hall–Kier alpha value is -0.470. The summed E-state index contributed by atoms with van der Waals surface area (Å²) in [4.78, 5) is 0.355. The average molecular weight is 219 g/mol. The predicted molar refractivity (Wildman–Crippen MR) is 66.3 cm³/mol. The van der Waals surface area contributed by atoms with Crippen LogP contribution in [-0.2, 0) is 12.8 Å². The molecule has 1 saturated heterocycles. The van der Waals surface area contributed by atoms with Crippen LogP contribution in [0.2, 0.25) is 0 Å². The Morgan fingerprint density at radius 3 is 2.87 bits per heavy atom. The number of nitrogens with one attached hydrogen (secondary N) is 1. The number of thioether (sulfide) groups is 1. The fourth-order valence-electron chi connectivity index (χ4n) is 2.77. The largest absolute Gasteiger partial charge is 0.299 e. The van der Waals surface area contributed by atoms with E-state index in [1.165, 1.54) is 25.0 Å². The topological polar surface area (TPSA) is 12.0 Å². The molecule has 2 atom stereocenters. The third-order valence-corrected chi connectivity index (χ3v) is 5.20. The Morgan fingerprint density at radius 1 is 1.33 bits per heavy atom. The van der Waals surface area contributed by atoms with Crippen molar-refractivity contribution >= 4 is 11.8 Å². The first-order valence-corrected chi connectivity index (χ1v) is 6.74. The Morgan fingerprint density at radius 2 is 2.13 bits per heavy atom. The van der Waals surface area contributed by atoms with Gasteiger partial charge in [0.1, 0.15) is 0 Å². The van der Waals surface area contributed by atoms with Crippen molar-refractivity contribution in [1.29, 1.82) is 0 Å². The Balaban J connectivity index is 1.89. The number of rotatable bonds is 0. The van der Waals surface area contributed by atoms with Gasteiger partial charge in [-0.2, -0.15) is 0 Å². The maximum atomic E-state index is 3.77. The summed E-state index contributed by atoms with van der Waals surface area (Å²) >= 11 is 2.13. The molecule has 2 unspecified atom stereocenters. The van der Waals surface area contributed by atoms with E-state index in [2.05, 4.69) is 48.3 Å². The number of benzene rings is 1. The van der Waals surface area contributed by atoms with Crippen LogP contribution in [0.25, 0.3) is 0 Å². The van der Waals surface area contributed by atoms with Crippen LogP contribution in [0.3, 0.4) is 0 Å². The van der Waals surface area contributed by atoms with Crippen molar-refractivity contribution in [2.24, 2.45) is 0 Å². The molecule has 1 aliphatic carbocycles. The van der Waals surface area contributed by atoms with Gasteiger partial charge in [-0.15, -0.1) is 11.8 Å². The van der Waals surface area contributed by atoms with E-state index < -0.39 is 0 Å². The molecular formula is C13H17NS. The van der Waals surface area contributed by atoms with Crippen LogP contribution >= 0.6 is 11.8 Å². The van der Waals surface area contributed by atoms with Gasteiger partial charge < -0.3 is 0 Å². The molecule has 1 heterocycles. The number of fused-ring (bicyclic) bond motifs is 1. The zero-order valence-electron chi connectivity index (χ0n) is 9.12. The van der Waals surface area contributed by atoms with Crippen LogP contribution in [0.1, 0.15) is 24.5 Å². The monoisotopic (exact) mass is 219 g/mol. The van der Waals surface area contributed by atoms with Crippen molar-refractivity contribution in [3.05, 3.63) is 35.4 Å². The zero-order chi connectivity index (χ0) is 10.3. The van der Waals surface area contributed by atoms with Crippen LogP contribution in [-0.4, -0.2) is 16.7 Å². The SMILES string of the molecule is CC1CSC2(CCc3ccccc3C2)N1. The lowest BCUT2D eigenvalue weighted by Crippen LogP contribution is -2.45. The highest BCUT2D eigenvalue weighted by atomic mass is 32.2. The molecule has 3 rings (SSSR count). The molecule has 1 N–H and O–H groups in total. The number of hydrogen-bond donors (Lipinski definition) is 1. The highest BCUT2D eigenvalue weighted by Crippen LogP contribution is 2.41. The van der Waals surface area contributed by atoms with Crippen LogP contribution < -0.4 is 5.32 Å². The van der Waals surface area contributed by atoms with E-state index in [0.717, 1.165) is 0 Å². The first-order chi connectivity index (χ1) is 7.27. The lowest BCUT2D eigenvalue weighted by atomic mass is 9.87. The molecule has 1 aromatic carbocycles. The third kappa shape index (κ3) is 1.70. The second kappa shape index (κ2) is 3.53. The van der Waals surface area contributed by atoms with Gasteiger partial charge in [0.25, 0.3) is 0 Å². The van der Waals surface area contributed by atoms with Gasteiger partial charge in [-0.3, -0.25) is 5.32 Å². The average Bonchev–Trinajstić information content (AvgIpc) is 2.60. The molecule has 0 aromatic heterocycles. The van der Waals surface area contributed by atoms with E-state index in [-0.39, 0.29) is 0 Å². The molecule has 15 heavy (non-hydrogen) atoms. The fraction of sp³-hybridized carbons (Fsp3) is 0.538. The molecule has 0 amide bonds. The molecule has 1 aliphatic heterocycles. The number of aryl methyl sites for hydroxylation is 1. The van der Waals surface area contributed by atoms with Gasteiger partial charge in [0.2, 0.25) is 0 Å². The van der Waals surface area contributed by atoms with Crippen molar-refractivity contribution in [1.82, 2.24) is 5.32 Å². The van der Waals surface area contributed by atoms with Gasteiger partial charge in [-0.1, -0.05) is 24.3 Å². The van der Waals surface area contributed by atoms with Crippen molar-refractivity contribution in [2.45, 2.75) is 37.1 Å². The molecule has 1 nitrogen and oxygen atoms in total. The summed E-state index contributed by atoms with van der Waals surface area (Å²) in [5, 5.41) is 3.77. The molecule has 1 fully saturated rings. The van der Waals surface area contributed by atoms with E-state index >= 15 is 0 Å². The predicted octanol–water partition coefficient (Wildman–Crippen LogP) is 2.60. The van der Waals surface area contributed by atoms with Crippen LogP contribution in [0.5, 0.6) is 0 Å². The molecule has 0 saturated carbocycles. The van der Waals surface area contributed by atoms with E-state index in [9.17, 15) is 0 Å². The van der Waals surface area contributed by atoms with E-state index in [0.29, 0.717) is 10.9 Å². The molecule has 2 aliphatic rings. The molecule has 0 radical (unpaired) electrons. The van der Waals surface area contributed by atoms with E-state index in [1.54, 1.807) is 11.1 Å². The summed E-state index contributed by atoms with van der Waals surface area (Å²) < 4.78 is 0. The third-order valence-electron chi connectivity index (χ3n) is 3.51. The normalized spacial score (nSPS) is 34.3. The van der Waals surface area contributed by atoms with Crippen molar-refractivity contribution in [3.8, 4) is 0 Å². The van der Waals surface area contributed by atoms with Crippen molar-refractivity contribution < 1.29 is 0 Å². The minimum absolute atomic E-state index is 0.355. The lowest BCUT2D eigenvalue weighted by Gasteiger charge is -2.34. The summed E-state index contributed by atoms with van der Waals surface area (Å²) in [6.07, 6.45) is 3.74. The summed E-state index contributed by atoms with van der Waals surface area (Å²) in [5.74, 6) is 1.27. The van der Waals surface area contributed by atoms with Gasteiger partial charge in [-0.25, -0.2) is 0 Å². The second-order valence-corrected chi connectivity index (χ2v) is 6.20. The van der Waals surface area contributed by atoms with Gasteiger partial charge >= 0.3 is 0 Å². The molecule has 80 valence electrons. The molecule has 2 heteroatoms. The maximum absolute atomic E-state index is 3.77. The number of hydrogen-bond acceptors (Lipinski definition) is 2. The summed E-state index contributed by atoms with van der Waals surface area (Å²) in [7, 11) is 0. The zero-order valence-corrected chi connectivity index (χ0v) is 9.94. The summed E-state index contributed by atoms with van der Waals surface area (Å²) in [5.41, 5.74) is 3.11. The minimum atomic E-state index is 0.355. The Labute approximate surface area is 95.6 Å². The van der Waals surface area contributed by atoms with E-state index in [1.807, 2.05) is 0 Å². The van der Waals surface area contributed by atoms with Gasteiger partial charge in [0, 0.05) is 18.2 Å². The van der Waals surface area contributed by atoms with Crippen LogP contribution in [0.15, 0.2) is 24.3 Å². The standard InChI is InChI=1S/C13H17NS/c1-10-9-15-13(14-10)7-6-11-4-2-3-5-12(11)8-13/h2-5,10,14H,6-9H2,1H3. The van der Waals surface area contributed by atoms with Gasteiger partial charge in [-0.05, 0) is 30.9 Å². The maximum Gasteiger partial charge on any atom is 0.0692 e. The first kappa shape index (κ1) is 9.73.